The molecule has 2 saturated heterocycles. The topological polar surface area (TPSA) is 77.1 Å². The molecule has 1 N–H and O–H groups in total. The molecule has 2 aliphatic rings. The standard InChI is InChI=1S/C20H26F2N2O5/c1-20(2,3)29-19(26)24-10-14(27-4)9-16(24)17-15(23-18(25)28-17)7-11-5-12(21)8-13(22)6-11/h5-6,8,14-17H,7,9-10H2,1-4H3,(H,23,25)/t14-,15+,16-,17+/m1/s1. The fraction of sp³-hybridized carbons (Fsp3) is 0.600. The van der Waals surface area contributed by atoms with Crippen molar-refractivity contribution >= 4 is 12.2 Å². The molecule has 0 aromatic heterocycles. The number of nitrogens with zero attached hydrogens (tertiary/aromatic N) is 1. The van der Waals surface area contributed by atoms with Gasteiger partial charge in [0.1, 0.15) is 23.3 Å². The molecule has 0 bridgehead atoms. The molecule has 4 atom stereocenters. The summed E-state index contributed by atoms with van der Waals surface area (Å²) in [5.41, 5.74) is -0.302. The first kappa shape index (κ1) is 21.3. The number of ether oxygens (including phenoxy) is 3. The van der Waals surface area contributed by atoms with Crippen LogP contribution < -0.4 is 5.32 Å². The molecule has 2 fully saturated rings. The quantitative estimate of drug-likeness (QED) is 0.823. The lowest BCUT2D eigenvalue weighted by atomic mass is 9.95. The molecule has 3 rings (SSSR count). The zero-order valence-electron chi connectivity index (χ0n) is 16.9. The van der Waals surface area contributed by atoms with Gasteiger partial charge in [0.2, 0.25) is 0 Å². The predicted molar refractivity (Wildman–Crippen MR) is 99.4 cm³/mol. The van der Waals surface area contributed by atoms with Crippen LogP contribution in [0.5, 0.6) is 0 Å². The molecule has 0 saturated carbocycles. The number of likely N-dealkylation sites (tertiary alicyclic amines) is 1. The Kier molecular flexibility index (Phi) is 5.97. The normalized spacial score (nSPS) is 27.0. The van der Waals surface area contributed by atoms with Gasteiger partial charge in [-0.05, 0) is 51.3 Å². The van der Waals surface area contributed by atoms with Gasteiger partial charge in [0.25, 0.3) is 0 Å². The van der Waals surface area contributed by atoms with Crippen molar-refractivity contribution < 1.29 is 32.6 Å². The van der Waals surface area contributed by atoms with Crippen LogP contribution in [0.25, 0.3) is 0 Å². The summed E-state index contributed by atoms with van der Waals surface area (Å²) in [6.45, 7) is 5.60. The number of methoxy groups -OCH3 is 1. The molecule has 29 heavy (non-hydrogen) atoms. The number of alkyl carbamates (subject to hydrolysis) is 1. The third-order valence-electron chi connectivity index (χ3n) is 4.97. The van der Waals surface area contributed by atoms with E-state index in [1.807, 2.05) is 0 Å². The second kappa shape index (κ2) is 8.14. The Hall–Kier alpha value is -2.42. The zero-order valence-corrected chi connectivity index (χ0v) is 16.9. The Balaban J connectivity index is 1.82. The summed E-state index contributed by atoms with van der Waals surface area (Å²) in [5, 5.41) is 2.68. The average Bonchev–Trinajstić information content (AvgIpc) is 3.15. The van der Waals surface area contributed by atoms with Gasteiger partial charge in [-0.25, -0.2) is 18.4 Å². The molecule has 2 heterocycles. The monoisotopic (exact) mass is 412 g/mol. The summed E-state index contributed by atoms with van der Waals surface area (Å²) in [7, 11) is 1.55. The van der Waals surface area contributed by atoms with Gasteiger partial charge in [0.05, 0.1) is 24.7 Å². The van der Waals surface area contributed by atoms with Crippen molar-refractivity contribution in [2.75, 3.05) is 13.7 Å². The molecule has 160 valence electrons. The van der Waals surface area contributed by atoms with Crippen molar-refractivity contribution in [2.24, 2.45) is 0 Å². The van der Waals surface area contributed by atoms with E-state index >= 15 is 0 Å². The Morgan fingerprint density at radius 2 is 1.93 bits per heavy atom. The first-order valence-corrected chi connectivity index (χ1v) is 9.50. The van der Waals surface area contributed by atoms with Gasteiger partial charge in [0, 0.05) is 13.2 Å². The summed E-state index contributed by atoms with van der Waals surface area (Å²) in [5.74, 6) is -1.39. The van der Waals surface area contributed by atoms with Crippen molar-refractivity contribution in [3.05, 3.63) is 35.4 Å². The minimum atomic E-state index is -0.707. The largest absolute Gasteiger partial charge is 0.444 e. The fourth-order valence-electron chi connectivity index (χ4n) is 3.81. The van der Waals surface area contributed by atoms with E-state index in [0.717, 1.165) is 6.07 Å². The molecular weight excluding hydrogens is 386 g/mol. The number of cyclic esters (lactones) is 1. The van der Waals surface area contributed by atoms with Crippen LogP contribution in [0.1, 0.15) is 32.8 Å². The number of hydrogen-bond donors (Lipinski definition) is 1. The molecule has 0 radical (unpaired) electrons. The molecule has 1 aromatic rings. The summed E-state index contributed by atoms with van der Waals surface area (Å²) >= 11 is 0. The van der Waals surface area contributed by atoms with E-state index in [1.165, 1.54) is 17.0 Å². The van der Waals surface area contributed by atoms with E-state index < -0.39 is 47.6 Å². The third-order valence-corrected chi connectivity index (χ3v) is 4.97. The SMILES string of the molecule is CO[C@@H]1C[C@H]([C@H]2OC(=O)N[C@H]2Cc2cc(F)cc(F)c2)N(C(=O)OC(C)(C)C)C1. The summed E-state index contributed by atoms with van der Waals surface area (Å²) in [4.78, 5) is 26.2. The van der Waals surface area contributed by atoms with E-state index in [0.29, 0.717) is 18.5 Å². The maximum absolute atomic E-state index is 13.6. The number of carbonyl (C=O) groups excluding carboxylic acids is 2. The van der Waals surface area contributed by atoms with Crippen LogP contribution >= 0.6 is 0 Å². The van der Waals surface area contributed by atoms with Gasteiger partial charge in [-0.3, -0.25) is 4.90 Å². The maximum Gasteiger partial charge on any atom is 0.410 e. The summed E-state index contributed by atoms with van der Waals surface area (Å²) in [6.07, 6.45) is -1.51. The van der Waals surface area contributed by atoms with Gasteiger partial charge in [-0.2, -0.15) is 0 Å². The van der Waals surface area contributed by atoms with Crippen molar-refractivity contribution in [3.63, 3.8) is 0 Å². The number of nitrogens with one attached hydrogen (secondary N) is 1. The highest BCUT2D eigenvalue weighted by atomic mass is 19.1. The molecule has 7 nitrogen and oxygen atoms in total. The molecule has 2 amide bonds. The summed E-state index contributed by atoms with van der Waals surface area (Å²) < 4.78 is 43.5. The van der Waals surface area contributed by atoms with Gasteiger partial charge in [-0.15, -0.1) is 0 Å². The minimum Gasteiger partial charge on any atom is -0.444 e. The first-order valence-electron chi connectivity index (χ1n) is 9.50. The highest BCUT2D eigenvalue weighted by molar-refractivity contribution is 5.72. The van der Waals surface area contributed by atoms with Crippen molar-refractivity contribution in [2.45, 2.75) is 63.5 Å². The van der Waals surface area contributed by atoms with Crippen LogP contribution in [0, 0.1) is 11.6 Å². The number of benzene rings is 1. The van der Waals surface area contributed by atoms with Crippen LogP contribution in [0.3, 0.4) is 0 Å². The third kappa shape index (κ3) is 5.14. The van der Waals surface area contributed by atoms with Gasteiger partial charge < -0.3 is 19.5 Å². The smallest absolute Gasteiger partial charge is 0.410 e. The van der Waals surface area contributed by atoms with Gasteiger partial charge >= 0.3 is 12.2 Å². The Bertz CT molecular complexity index is 762. The van der Waals surface area contributed by atoms with E-state index in [2.05, 4.69) is 5.32 Å². The van der Waals surface area contributed by atoms with E-state index in [-0.39, 0.29) is 12.5 Å². The van der Waals surface area contributed by atoms with Gasteiger partial charge in [-0.1, -0.05) is 0 Å². The lowest BCUT2D eigenvalue weighted by Crippen LogP contribution is -2.50. The van der Waals surface area contributed by atoms with Crippen molar-refractivity contribution in [1.82, 2.24) is 10.2 Å². The highest BCUT2D eigenvalue weighted by Gasteiger charge is 2.49. The second-order valence-electron chi connectivity index (χ2n) is 8.40. The molecule has 9 heteroatoms. The fourth-order valence-corrected chi connectivity index (χ4v) is 3.81. The number of hydrogen-bond acceptors (Lipinski definition) is 5. The Morgan fingerprint density at radius 3 is 2.52 bits per heavy atom. The molecular formula is C20H26F2N2O5. The number of rotatable bonds is 4. The Morgan fingerprint density at radius 1 is 1.28 bits per heavy atom. The van der Waals surface area contributed by atoms with Crippen molar-refractivity contribution in [1.29, 1.82) is 0 Å². The first-order chi connectivity index (χ1) is 13.6. The lowest BCUT2D eigenvalue weighted by molar-refractivity contribution is 0.00450. The van der Waals surface area contributed by atoms with E-state index in [9.17, 15) is 18.4 Å². The number of amides is 2. The minimum absolute atomic E-state index is 0.154. The lowest BCUT2D eigenvalue weighted by Gasteiger charge is -2.32. The average molecular weight is 412 g/mol. The van der Waals surface area contributed by atoms with Gasteiger partial charge in [0.15, 0.2) is 0 Å². The zero-order chi connectivity index (χ0) is 21.3. The van der Waals surface area contributed by atoms with E-state index in [1.54, 1.807) is 27.9 Å². The second-order valence-corrected chi connectivity index (χ2v) is 8.40. The van der Waals surface area contributed by atoms with E-state index in [4.69, 9.17) is 14.2 Å². The highest BCUT2D eigenvalue weighted by Crippen LogP contribution is 2.31. The van der Waals surface area contributed by atoms with Crippen LogP contribution in [-0.2, 0) is 20.6 Å². The summed E-state index contributed by atoms with van der Waals surface area (Å²) in [6, 6.07) is 2.16. The van der Waals surface area contributed by atoms with Crippen LogP contribution in [0.15, 0.2) is 18.2 Å². The Labute approximate surface area is 168 Å². The van der Waals surface area contributed by atoms with Crippen LogP contribution in [0.2, 0.25) is 0 Å². The molecule has 1 aromatic carbocycles. The van der Waals surface area contributed by atoms with Crippen LogP contribution in [-0.4, -0.2) is 60.6 Å². The molecule has 0 spiro atoms. The number of carbonyl (C=O) groups is 2. The number of halogens is 2. The maximum atomic E-state index is 13.6. The molecule has 2 aliphatic heterocycles. The molecule has 0 unspecified atom stereocenters. The predicted octanol–water partition coefficient (Wildman–Crippen LogP) is 3.01. The van der Waals surface area contributed by atoms with Crippen LogP contribution in [0.4, 0.5) is 18.4 Å². The van der Waals surface area contributed by atoms with Crippen molar-refractivity contribution in [3.8, 4) is 0 Å². The molecule has 0 aliphatic carbocycles.